The van der Waals surface area contributed by atoms with Crippen molar-refractivity contribution in [1.82, 2.24) is 5.32 Å². The summed E-state index contributed by atoms with van der Waals surface area (Å²) in [5.74, 6) is -1.33. The normalized spacial score (nSPS) is 12.1. The number of hydrogen-bond donors (Lipinski definition) is 1. The van der Waals surface area contributed by atoms with E-state index in [0.717, 1.165) is 18.6 Å². The van der Waals surface area contributed by atoms with Gasteiger partial charge in [0.25, 0.3) is 0 Å². The average molecular weight is 210 g/mol. The van der Waals surface area contributed by atoms with Crippen molar-refractivity contribution in [2.24, 2.45) is 0 Å². The molecule has 0 fully saturated rings. The molecule has 0 saturated carbocycles. The van der Waals surface area contributed by atoms with E-state index in [1.807, 2.05) is 13.0 Å². The van der Waals surface area contributed by atoms with Crippen molar-refractivity contribution in [3.63, 3.8) is 0 Å². The SMILES string of the molecule is CCCN[C@@H](C#N)c1ccc(F)cc1F. The van der Waals surface area contributed by atoms with Crippen molar-refractivity contribution >= 4 is 0 Å². The first-order chi connectivity index (χ1) is 7.19. The minimum absolute atomic E-state index is 0.187. The highest BCUT2D eigenvalue weighted by Gasteiger charge is 2.14. The molecule has 80 valence electrons. The summed E-state index contributed by atoms with van der Waals surface area (Å²) in [5, 5.41) is 11.7. The van der Waals surface area contributed by atoms with E-state index in [1.54, 1.807) is 0 Å². The van der Waals surface area contributed by atoms with Gasteiger partial charge in [0.2, 0.25) is 0 Å². The smallest absolute Gasteiger partial charge is 0.131 e. The van der Waals surface area contributed by atoms with Crippen LogP contribution in [0, 0.1) is 23.0 Å². The second kappa shape index (κ2) is 5.42. The second-order valence-corrected chi connectivity index (χ2v) is 3.18. The van der Waals surface area contributed by atoms with Crippen LogP contribution in [0.2, 0.25) is 0 Å². The standard InChI is InChI=1S/C11H12F2N2/c1-2-5-15-11(7-14)9-4-3-8(12)6-10(9)13/h3-4,6,11,15H,2,5H2,1H3/t11-/m0/s1. The minimum Gasteiger partial charge on any atom is -0.298 e. The van der Waals surface area contributed by atoms with Gasteiger partial charge in [-0.2, -0.15) is 5.26 Å². The molecule has 0 aliphatic rings. The van der Waals surface area contributed by atoms with E-state index in [-0.39, 0.29) is 5.56 Å². The Balaban J connectivity index is 2.88. The molecule has 0 saturated heterocycles. The average Bonchev–Trinajstić information content (AvgIpc) is 2.21. The Morgan fingerprint density at radius 3 is 2.73 bits per heavy atom. The van der Waals surface area contributed by atoms with Crippen molar-refractivity contribution in [3.05, 3.63) is 35.4 Å². The molecule has 0 heterocycles. The maximum Gasteiger partial charge on any atom is 0.131 e. The molecule has 1 rings (SSSR count). The Kier molecular flexibility index (Phi) is 4.19. The Morgan fingerprint density at radius 2 is 2.20 bits per heavy atom. The quantitative estimate of drug-likeness (QED) is 0.828. The van der Waals surface area contributed by atoms with E-state index < -0.39 is 17.7 Å². The maximum absolute atomic E-state index is 13.3. The highest BCUT2D eigenvalue weighted by molar-refractivity contribution is 5.26. The molecule has 0 amide bonds. The molecule has 2 nitrogen and oxygen atoms in total. The van der Waals surface area contributed by atoms with Gasteiger partial charge in [-0.1, -0.05) is 13.0 Å². The van der Waals surface area contributed by atoms with Crippen molar-refractivity contribution < 1.29 is 8.78 Å². The molecule has 0 aromatic heterocycles. The van der Waals surface area contributed by atoms with Gasteiger partial charge in [0.05, 0.1) is 6.07 Å². The Morgan fingerprint density at radius 1 is 1.47 bits per heavy atom. The predicted octanol–water partition coefficient (Wildman–Crippen LogP) is 2.53. The fourth-order valence-corrected chi connectivity index (χ4v) is 1.25. The first-order valence-corrected chi connectivity index (χ1v) is 4.77. The van der Waals surface area contributed by atoms with Gasteiger partial charge in [0.1, 0.15) is 17.7 Å². The topological polar surface area (TPSA) is 35.8 Å². The van der Waals surface area contributed by atoms with Gasteiger partial charge < -0.3 is 0 Å². The molecule has 1 atom stereocenters. The lowest BCUT2D eigenvalue weighted by Gasteiger charge is -2.11. The van der Waals surface area contributed by atoms with Crippen LogP contribution < -0.4 is 5.32 Å². The van der Waals surface area contributed by atoms with Crippen LogP contribution in [-0.4, -0.2) is 6.54 Å². The van der Waals surface area contributed by atoms with Crippen LogP contribution in [0.15, 0.2) is 18.2 Å². The van der Waals surface area contributed by atoms with Gasteiger partial charge in [0.15, 0.2) is 0 Å². The number of nitrogens with one attached hydrogen (secondary N) is 1. The van der Waals surface area contributed by atoms with E-state index in [9.17, 15) is 8.78 Å². The van der Waals surface area contributed by atoms with Crippen LogP contribution in [0.5, 0.6) is 0 Å². The molecule has 0 spiro atoms. The van der Waals surface area contributed by atoms with Gasteiger partial charge in [0, 0.05) is 11.6 Å². The third kappa shape index (κ3) is 3.00. The number of nitriles is 1. The highest BCUT2D eigenvalue weighted by atomic mass is 19.1. The summed E-state index contributed by atoms with van der Waals surface area (Å²) < 4.78 is 25.9. The molecule has 1 aromatic rings. The van der Waals surface area contributed by atoms with E-state index in [4.69, 9.17) is 5.26 Å². The molecular formula is C11H12F2N2. The van der Waals surface area contributed by atoms with E-state index in [1.165, 1.54) is 6.07 Å². The summed E-state index contributed by atoms with van der Waals surface area (Å²) in [6, 6.07) is 4.45. The number of benzene rings is 1. The number of rotatable bonds is 4. The van der Waals surface area contributed by atoms with Gasteiger partial charge in [-0.15, -0.1) is 0 Å². The highest BCUT2D eigenvalue weighted by Crippen LogP contribution is 2.17. The molecule has 15 heavy (non-hydrogen) atoms. The minimum atomic E-state index is -0.717. The zero-order valence-electron chi connectivity index (χ0n) is 8.43. The summed E-state index contributed by atoms with van der Waals surface area (Å²) in [4.78, 5) is 0. The predicted molar refractivity (Wildman–Crippen MR) is 53.0 cm³/mol. The summed E-state index contributed by atoms with van der Waals surface area (Å²) in [6.07, 6.45) is 0.848. The van der Waals surface area contributed by atoms with Gasteiger partial charge >= 0.3 is 0 Å². The molecule has 0 aliphatic heterocycles. The Labute approximate surface area is 87.5 Å². The maximum atomic E-state index is 13.3. The number of nitrogens with zero attached hydrogens (tertiary/aromatic N) is 1. The zero-order valence-corrected chi connectivity index (χ0v) is 8.43. The van der Waals surface area contributed by atoms with Crippen LogP contribution in [-0.2, 0) is 0 Å². The molecule has 1 aromatic carbocycles. The first-order valence-electron chi connectivity index (χ1n) is 4.77. The van der Waals surface area contributed by atoms with Crippen LogP contribution in [0.3, 0.4) is 0 Å². The number of hydrogen-bond acceptors (Lipinski definition) is 2. The molecule has 0 unspecified atom stereocenters. The Hall–Kier alpha value is -1.47. The fraction of sp³-hybridized carbons (Fsp3) is 0.364. The monoisotopic (exact) mass is 210 g/mol. The lowest BCUT2D eigenvalue weighted by Crippen LogP contribution is -2.21. The van der Waals surface area contributed by atoms with Gasteiger partial charge in [-0.05, 0) is 19.0 Å². The van der Waals surface area contributed by atoms with Gasteiger partial charge in [-0.3, -0.25) is 5.32 Å². The van der Waals surface area contributed by atoms with Crippen molar-refractivity contribution in [2.75, 3.05) is 6.54 Å². The van der Waals surface area contributed by atoms with Crippen molar-refractivity contribution in [3.8, 4) is 6.07 Å². The van der Waals surface area contributed by atoms with Crippen molar-refractivity contribution in [1.29, 1.82) is 5.26 Å². The molecule has 4 heteroatoms. The lowest BCUT2D eigenvalue weighted by molar-refractivity contribution is 0.542. The lowest BCUT2D eigenvalue weighted by atomic mass is 10.1. The van der Waals surface area contributed by atoms with Crippen molar-refractivity contribution in [2.45, 2.75) is 19.4 Å². The first kappa shape index (κ1) is 11.6. The fourth-order valence-electron chi connectivity index (χ4n) is 1.25. The third-order valence-electron chi connectivity index (χ3n) is 2.00. The largest absolute Gasteiger partial charge is 0.298 e. The second-order valence-electron chi connectivity index (χ2n) is 3.18. The summed E-state index contributed by atoms with van der Waals surface area (Å²) in [7, 11) is 0. The van der Waals surface area contributed by atoms with E-state index in [2.05, 4.69) is 5.32 Å². The van der Waals surface area contributed by atoms with E-state index >= 15 is 0 Å². The summed E-state index contributed by atoms with van der Waals surface area (Å²) in [5.41, 5.74) is 0.187. The van der Waals surface area contributed by atoms with Crippen LogP contribution in [0.25, 0.3) is 0 Å². The molecule has 1 N–H and O–H groups in total. The molecule has 0 bridgehead atoms. The van der Waals surface area contributed by atoms with Gasteiger partial charge in [-0.25, -0.2) is 8.78 Å². The van der Waals surface area contributed by atoms with Crippen LogP contribution in [0.1, 0.15) is 24.9 Å². The summed E-state index contributed by atoms with van der Waals surface area (Å²) in [6.45, 7) is 2.57. The Bertz CT molecular complexity index is 371. The third-order valence-corrected chi connectivity index (χ3v) is 2.00. The molecule has 0 radical (unpaired) electrons. The van der Waals surface area contributed by atoms with E-state index in [0.29, 0.717) is 6.54 Å². The summed E-state index contributed by atoms with van der Waals surface area (Å²) >= 11 is 0. The van der Waals surface area contributed by atoms with Crippen LogP contribution in [0.4, 0.5) is 8.78 Å². The number of halogens is 2. The zero-order chi connectivity index (χ0) is 11.3. The molecule has 0 aliphatic carbocycles. The molecular weight excluding hydrogens is 198 g/mol. The van der Waals surface area contributed by atoms with Crippen LogP contribution >= 0.6 is 0 Å².